The van der Waals surface area contributed by atoms with Gasteiger partial charge in [0.25, 0.3) is 0 Å². The van der Waals surface area contributed by atoms with Crippen LogP contribution < -0.4 is 20.2 Å². The molecule has 0 saturated heterocycles. The van der Waals surface area contributed by atoms with E-state index in [-0.39, 0.29) is 0 Å². The number of ether oxygens (including phenoxy) is 2. The Bertz CT molecular complexity index is 1140. The molecule has 0 heterocycles. The first-order valence-corrected chi connectivity index (χ1v) is 10.6. The molecule has 2 N–H and O–H groups in total. The summed E-state index contributed by atoms with van der Waals surface area (Å²) in [5.41, 5.74) is 6.75. The van der Waals surface area contributed by atoms with E-state index in [0.29, 0.717) is 36.0 Å². The molecule has 0 spiro atoms. The number of benzene rings is 3. The van der Waals surface area contributed by atoms with E-state index >= 15 is 0 Å². The van der Waals surface area contributed by atoms with Crippen molar-refractivity contribution in [2.45, 2.75) is 27.4 Å². The Morgan fingerprint density at radius 2 is 1.67 bits per heavy atom. The van der Waals surface area contributed by atoms with Gasteiger partial charge in [0, 0.05) is 5.69 Å². The fraction of sp³-hybridized carbons (Fsp3) is 0.192. The summed E-state index contributed by atoms with van der Waals surface area (Å²) >= 11 is 0. The van der Waals surface area contributed by atoms with Crippen molar-refractivity contribution in [3.63, 3.8) is 0 Å². The first kappa shape index (κ1) is 23.5. The van der Waals surface area contributed by atoms with E-state index in [2.05, 4.69) is 15.8 Å². The molecule has 0 aliphatic heterocycles. The van der Waals surface area contributed by atoms with Crippen molar-refractivity contribution in [2.24, 2.45) is 5.10 Å². The van der Waals surface area contributed by atoms with Crippen LogP contribution in [0.4, 0.5) is 5.69 Å². The number of carbonyl (C=O) groups excluding carboxylic acids is 2. The van der Waals surface area contributed by atoms with Crippen LogP contribution in [0, 0.1) is 13.8 Å². The summed E-state index contributed by atoms with van der Waals surface area (Å²) in [7, 11) is 0. The molecule has 7 nitrogen and oxygen atoms in total. The summed E-state index contributed by atoms with van der Waals surface area (Å²) in [6.45, 7) is 6.76. The number of carbonyl (C=O) groups is 2. The van der Waals surface area contributed by atoms with E-state index < -0.39 is 11.8 Å². The SMILES string of the molecule is CCOc1cc(C=NNC(=O)C(=O)Nc2ccc(C)cc2)ccc1OCc1ccccc1C. The number of nitrogens with zero attached hydrogens (tertiary/aromatic N) is 1. The van der Waals surface area contributed by atoms with Crippen molar-refractivity contribution in [1.29, 1.82) is 0 Å². The topological polar surface area (TPSA) is 89.0 Å². The van der Waals surface area contributed by atoms with Gasteiger partial charge in [0.15, 0.2) is 11.5 Å². The normalized spacial score (nSPS) is 10.6. The predicted octanol–water partition coefficient (Wildman–Crippen LogP) is 4.37. The highest BCUT2D eigenvalue weighted by atomic mass is 16.5. The van der Waals surface area contributed by atoms with Gasteiger partial charge in [0.2, 0.25) is 0 Å². The third kappa shape index (κ3) is 6.93. The Kier molecular flexibility index (Phi) is 8.18. The fourth-order valence-corrected chi connectivity index (χ4v) is 2.96. The maximum atomic E-state index is 12.0. The summed E-state index contributed by atoms with van der Waals surface area (Å²) < 4.78 is 11.7. The highest BCUT2D eigenvalue weighted by Gasteiger charge is 2.13. The number of aryl methyl sites for hydroxylation is 2. The Labute approximate surface area is 193 Å². The smallest absolute Gasteiger partial charge is 0.329 e. The van der Waals surface area contributed by atoms with E-state index in [0.717, 1.165) is 16.7 Å². The van der Waals surface area contributed by atoms with Gasteiger partial charge in [0.05, 0.1) is 12.8 Å². The number of hydrogen-bond acceptors (Lipinski definition) is 5. The highest BCUT2D eigenvalue weighted by molar-refractivity contribution is 6.39. The molecular weight excluding hydrogens is 418 g/mol. The fourth-order valence-electron chi connectivity index (χ4n) is 2.96. The van der Waals surface area contributed by atoms with Crippen LogP contribution in [-0.4, -0.2) is 24.6 Å². The molecule has 0 atom stereocenters. The lowest BCUT2D eigenvalue weighted by atomic mass is 10.1. The Morgan fingerprint density at radius 3 is 2.39 bits per heavy atom. The predicted molar refractivity (Wildman–Crippen MR) is 129 cm³/mol. The molecule has 0 aliphatic carbocycles. The second kappa shape index (κ2) is 11.5. The molecule has 3 aromatic carbocycles. The van der Waals surface area contributed by atoms with Gasteiger partial charge in [-0.1, -0.05) is 42.0 Å². The zero-order valence-electron chi connectivity index (χ0n) is 18.9. The van der Waals surface area contributed by atoms with E-state index in [4.69, 9.17) is 9.47 Å². The molecule has 0 unspecified atom stereocenters. The number of nitrogens with one attached hydrogen (secondary N) is 2. The van der Waals surface area contributed by atoms with Gasteiger partial charge in [-0.3, -0.25) is 9.59 Å². The number of rotatable bonds is 8. The van der Waals surface area contributed by atoms with E-state index in [9.17, 15) is 9.59 Å². The number of hydrogen-bond donors (Lipinski definition) is 2. The van der Waals surface area contributed by atoms with Crippen LogP contribution in [0.15, 0.2) is 71.8 Å². The number of hydrazone groups is 1. The lowest BCUT2D eigenvalue weighted by Gasteiger charge is -2.13. The molecule has 0 aliphatic rings. The van der Waals surface area contributed by atoms with E-state index in [1.165, 1.54) is 6.21 Å². The average Bonchev–Trinajstić information content (AvgIpc) is 2.81. The van der Waals surface area contributed by atoms with Crippen molar-refractivity contribution in [2.75, 3.05) is 11.9 Å². The van der Waals surface area contributed by atoms with Crippen LogP contribution in [0.5, 0.6) is 11.5 Å². The first-order chi connectivity index (χ1) is 16.0. The van der Waals surface area contributed by atoms with Crippen LogP contribution in [-0.2, 0) is 16.2 Å². The largest absolute Gasteiger partial charge is 0.490 e. The number of anilines is 1. The summed E-state index contributed by atoms with van der Waals surface area (Å²) in [6, 6.07) is 20.5. The number of amides is 2. The lowest BCUT2D eigenvalue weighted by molar-refractivity contribution is -0.136. The van der Waals surface area contributed by atoms with Gasteiger partial charge in [-0.05, 0) is 67.8 Å². The van der Waals surface area contributed by atoms with Crippen molar-refractivity contribution < 1.29 is 19.1 Å². The van der Waals surface area contributed by atoms with Crippen molar-refractivity contribution in [3.05, 3.63) is 89.0 Å². The quantitative estimate of drug-likeness (QED) is 0.306. The van der Waals surface area contributed by atoms with Gasteiger partial charge in [-0.15, -0.1) is 0 Å². The second-order valence-corrected chi connectivity index (χ2v) is 7.37. The average molecular weight is 446 g/mol. The van der Waals surface area contributed by atoms with Gasteiger partial charge in [-0.2, -0.15) is 5.10 Å². The summed E-state index contributed by atoms with van der Waals surface area (Å²) in [5.74, 6) is -0.488. The van der Waals surface area contributed by atoms with Gasteiger partial charge in [-0.25, -0.2) is 5.43 Å². The third-order valence-electron chi connectivity index (χ3n) is 4.81. The zero-order chi connectivity index (χ0) is 23.6. The minimum absolute atomic E-state index is 0.423. The monoisotopic (exact) mass is 445 g/mol. The van der Waals surface area contributed by atoms with Crippen molar-refractivity contribution in [3.8, 4) is 11.5 Å². The zero-order valence-corrected chi connectivity index (χ0v) is 18.9. The standard InChI is InChI=1S/C26H27N3O4/c1-4-32-24-15-20(11-14-23(24)33-17-21-8-6-5-7-19(21)3)16-27-29-26(31)25(30)28-22-12-9-18(2)10-13-22/h5-16H,4,17H2,1-3H3,(H,28,30)(H,29,31). The van der Waals surface area contributed by atoms with Crippen LogP contribution in [0.25, 0.3) is 0 Å². The first-order valence-electron chi connectivity index (χ1n) is 10.6. The molecule has 0 radical (unpaired) electrons. The molecule has 7 heteroatoms. The van der Waals surface area contributed by atoms with Crippen molar-refractivity contribution in [1.82, 2.24) is 5.43 Å². The second-order valence-electron chi connectivity index (χ2n) is 7.37. The summed E-state index contributed by atoms with van der Waals surface area (Å²) in [5, 5.41) is 6.39. The molecular formula is C26H27N3O4. The lowest BCUT2D eigenvalue weighted by Crippen LogP contribution is -2.32. The van der Waals surface area contributed by atoms with E-state index in [1.54, 1.807) is 30.3 Å². The van der Waals surface area contributed by atoms with Crippen molar-refractivity contribution >= 4 is 23.7 Å². The molecule has 0 bridgehead atoms. The van der Waals surface area contributed by atoms with Gasteiger partial charge in [0.1, 0.15) is 6.61 Å². The molecule has 33 heavy (non-hydrogen) atoms. The van der Waals surface area contributed by atoms with Gasteiger partial charge >= 0.3 is 11.8 Å². The Hall–Kier alpha value is -4.13. The van der Waals surface area contributed by atoms with E-state index in [1.807, 2.05) is 57.2 Å². The highest BCUT2D eigenvalue weighted by Crippen LogP contribution is 2.29. The molecule has 170 valence electrons. The molecule has 2 amide bonds. The summed E-state index contributed by atoms with van der Waals surface area (Å²) in [4.78, 5) is 24.0. The molecule has 0 fully saturated rings. The maximum absolute atomic E-state index is 12.0. The van der Waals surface area contributed by atoms with Crippen LogP contribution in [0.3, 0.4) is 0 Å². The van der Waals surface area contributed by atoms with Gasteiger partial charge < -0.3 is 14.8 Å². The summed E-state index contributed by atoms with van der Waals surface area (Å²) in [6.07, 6.45) is 1.44. The molecule has 0 saturated carbocycles. The molecule has 3 rings (SSSR count). The van der Waals surface area contributed by atoms with Crippen LogP contribution >= 0.6 is 0 Å². The Balaban J connectivity index is 1.59. The molecule has 3 aromatic rings. The van der Waals surface area contributed by atoms with Crippen LogP contribution in [0.2, 0.25) is 0 Å². The Morgan fingerprint density at radius 1 is 0.909 bits per heavy atom. The minimum atomic E-state index is -0.866. The van der Waals surface area contributed by atoms with Crippen LogP contribution in [0.1, 0.15) is 29.2 Å². The third-order valence-corrected chi connectivity index (χ3v) is 4.81. The molecule has 0 aromatic heterocycles. The maximum Gasteiger partial charge on any atom is 0.329 e. The minimum Gasteiger partial charge on any atom is -0.490 e.